The summed E-state index contributed by atoms with van der Waals surface area (Å²) in [5.41, 5.74) is -0.410. The number of hydrogen-bond acceptors (Lipinski definition) is 4. The average Bonchev–Trinajstić information content (AvgIpc) is 2.78. The Bertz CT molecular complexity index is 877. The van der Waals surface area contributed by atoms with E-state index in [9.17, 15) is 13.6 Å². The average molecular weight is 433 g/mol. The van der Waals surface area contributed by atoms with E-state index in [-0.39, 0.29) is 5.56 Å². The van der Waals surface area contributed by atoms with Gasteiger partial charge in [0.2, 0.25) is 0 Å². The van der Waals surface area contributed by atoms with Gasteiger partial charge in [0.05, 0.1) is 24.1 Å². The molecule has 1 aromatic heterocycles. The molecule has 1 saturated heterocycles. The molecule has 168 valence electrons. The highest BCUT2D eigenvalue weighted by Crippen LogP contribution is 2.26. The molecule has 7 heteroatoms. The molecule has 0 saturated carbocycles. The van der Waals surface area contributed by atoms with E-state index in [4.69, 9.17) is 9.84 Å². The summed E-state index contributed by atoms with van der Waals surface area (Å²) in [5, 5.41) is 8.93. The third-order valence-corrected chi connectivity index (χ3v) is 6.20. The number of carboxylic acid groups (broad SMARTS) is 1. The van der Waals surface area contributed by atoms with E-state index in [0.29, 0.717) is 48.9 Å². The van der Waals surface area contributed by atoms with Gasteiger partial charge in [-0.1, -0.05) is 19.9 Å². The second-order valence-electron chi connectivity index (χ2n) is 8.27. The number of piperidine rings is 1. The minimum absolute atomic E-state index is 0.364. The molecule has 1 aliphatic heterocycles. The fraction of sp³-hybridized carbons (Fsp3) is 0.500. The Morgan fingerprint density at radius 1 is 1.23 bits per heavy atom. The van der Waals surface area contributed by atoms with Gasteiger partial charge in [-0.05, 0) is 69.0 Å². The van der Waals surface area contributed by atoms with Crippen molar-refractivity contribution < 1.29 is 23.4 Å². The van der Waals surface area contributed by atoms with Crippen molar-refractivity contribution in [2.45, 2.75) is 45.2 Å². The summed E-state index contributed by atoms with van der Waals surface area (Å²) in [7, 11) is 0. The third kappa shape index (κ3) is 6.00. The largest absolute Gasteiger partial charge is 0.492 e. The Morgan fingerprint density at radius 3 is 2.48 bits per heavy atom. The predicted octanol–water partition coefficient (Wildman–Crippen LogP) is 5.21. The predicted molar refractivity (Wildman–Crippen MR) is 116 cm³/mol. The van der Waals surface area contributed by atoms with Crippen LogP contribution in [0.25, 0.3) is 11.3 Å². The third-order valence-electron chi connectivity index (χ3n) is 6.20. The number of likely N-dealkylation sites (tertiary alicyclic amines) is 1. The number of carbonyl (C=O) groups is 1. The number of pyridine rings is 1. The zero-order valence-electron chi connectivity index (χ0n) is 18.1. The number of aromatic nitrogens is 1. The van der Waals surface area contributed by atoms with E-state index in [1.165, 1.54) is 18.2 Å². The van der Waals surface area contributed by atoms with E-state index in [2.05, 4.69) is 9.88 Å². The van der Waals surface area contributed by atoms with Crippen LogP contribution in [0, 0.1) is 11.7 Å². The maximum absolute atomic E-state index is 14.6. The number of halogens is 2. The lowest BCUT2D eigenvalue weighted by molar-refractivity contribution is 0.0568. The SMILES string of the molecule is CCC(F)(CC)CN1CCC(COc2ccc(-c3ccc(C(=O)O)c(F)c3)nc2)CC1. The Kier molecular flexibility index (Phi) is 7.59. The van der Waals surface area contributed by atoms with Gasteiger partial charge in [0.15, 0.2) is 0 Å². The molecule has 2 aromatic rings. The van der Waals surface area contributed by atoms with Crippen LogP contribution in [-0.4, -0.2) is 52.9 Å². The molecule has 2 heterocycles. The highest BCUT2D eigenvalue weighted by molar-refractivity contribution is 5.88. The Hall–Kier alpha value is -2.54. The van der Waals surface area contributed by atoms with E-state index < -0.39 is 17.5 Å². The molecular formula is C24H30F2N2O3. The molecule has 1 fully saturated rings. The quantitative estimate of drug-likeness (QED) is 0.590. The molecule has 0 atom stereocenters. The summed E-state index contributed by atoms with van der Waals surface area (Å²) in [5.74, 6) is -1.04. The molecule has 0 aliphatic carbocycles. The Morgan fingerprint density at radius 2 is 1.94 bits per heavy atom. The second kappa shape index (κ2) is 10.2. The molecule has 0 amide bonds. The molecule has 0 radical (unpaired) electrons. The number of carboxylic acids is 1. The number of alkyl halides is 1. The molecule has 0 bridgehead atoms. The van der Waals surface area contributed by atoms with Crippen LogP contribution in [0.4, 0.5) is 8.78 Å². The van der Waals surface area contributed by atoms with Gasteiger partial charge in [-0.15, -0.1) is 0 Å². The van der Waals surface area contributed by atoms with Crippen LogP contribution in [0.15, 0.2) is 36.5 Å². The monoisotopic (exact) mass is 432 g/mol. The fourth-order valence-electron chi connectivity index (χ4n) is 3.88. The molecule has 5 nitrogen and oxygen atoms in total. The lowest BCUT2D eigenvalue weighted by Gasteiger charge is -2.36. The first kappa shape index (κ1) is 23.1. The Balaban J connectivity index is 1.49. The first-order chi connectivity index (χ1) is 14.8. The molecule has 0 unspecified atom stereocenters. The van der Waals surface area contributed by atoms with E-state index in [0.717, 1.165) is 25.9 Å². The van der Waals surface area contributed by atoms with Crippen molar-refractivity contribution in [3.05, 3.63) is 47.9 Å². The standard InChI is InChI=1S/C24H30F2N2O3/c1-3-24(26,4-2)16-28-11-9-17(10-12-28)15-31-19-6-8-22(27-14-19)18-5-7-20(23(29)30)21(25)13-18/h5-8,13-14,17H,3-4,9-12,15-16H2,1-2H3,(H,29,30). The van der Waals surface area contributed by atoms with Crippen molar-refractivity contribution in [2.75, 3.05) is 26.2 Å². The highest BCUT2D eigenvalue weighted by atomic mass is 19.1. The van der Waals surface area contributed by atoms with Crippen molar-refractivity contribution in [2.24, 2.45) is 5.92 Å². The first-order valence-electron chi connectivity index (χ1n) is 10.9. The van der Waals surface area contributed by atoms with Crippen LogP contribution in [-0.2, 0) is 0 Å². The van der Waals surface area contributed by atoms with Crippen LogP contribution in [0.2, 0.25) is 0 Å². The fourth-order valence-corrected chi connectivity index (χ4v) is 3.88. The van der Waals surface area contributed by atoms with Crippen molar-refractivity contribution >= 4 is 5.97 Å². The van der Waals surface area contributed by atoms with E-state index >= 15 is 0 Å². The van der Waals surface area contributed by atoms with Crippen LogP contribution in [0.5, 0.6) is 5.75 Å². The van der Waals surface area contributed by atoms with Gasteiger partial charge in [0.25, 0.3) is 0 Å². The number of benzene rings is 1. The smallest absolute Gasteiger partial charge is 0.338 e. The number of ether oxygens (including phenoxy) is 1. The number of hydrogen-bond donors (Lipinski definition) is 1. The topological polar surface area (TPSA) is 62.7 Å². The molecular weight excluding hydrogens is 402 g/mol. The summed E-state index contributed by atoms with van der Waals surface area (Å²) < 4.78 is 34.4. The van der Waals surface area contributed by atoms with Gasteiger partial charge in [0.1, 0.15) is 17.2 Å². The van der Waals surface area contributed by atoms with Crippen molar-refractivity contribution in [3.63, 3.8) is 0 Å². The maximum Gasteiger partial charge on any atom is 0.338 e. The van der Waals surface area contributed by atoms with Crippen LogP contribution >= 0.6 is 0 Å². The van der Waals surface area contributed by atoms with E-state index in [1.807, 2.05) is 13.8 Å². The van der Waals surface area contributed by atoms with Crippen molar-refractivity contribution in [3.8, 4) is 17.0 Å². The zero-order valence-corrected chi connectivity index (χ0v) is 18.1. The first-order valence-corrected chi connectivity index (χ1v) is 10.9. The minimum Gasteiger partial charge on any atom is -0.492 e. The normalized spacial score (nSPS) is 15.7. The van der Waals surface area contributed by atoms with Gasteiger partial charge < -0.3 is 14.7 Å². The van der Waals surface area contributed by atoms with Crippen LogP contribution < -0.4 is 4.74 Å². The van der Waals surface area contributed by atoms with Gasteiger partial charge in [0, 0.05) is 12.1 Å². The molecule has 0 spiro atoms. The van der Waals surface area contributed by atoms with E-state index in [1.54, 1.807) is 18.3 Å². The molecule has 31 heavy (non-hydrogen) atoms. The molecule has 3 rings (SSSR count). The summed E-state index contributed by atoms with van der Waals surface area (Å²) in [4.78, 5) is 17.5. The summed E-state index contributed by atoms with van der Waals surface area (Å²) in [6.07, 6.45) is 4.64. The second-order valence-corrected chi connectivity index (χ2v) is 8.27. The van der Waals surface area contributed by atoms with Gasteiger partial charge in [-0.25, -0.2) is 13.6 Å². The van der Waals surface area contributed by atoms with Gasteiger partial charge in [-0.2, -0.15) is 0 Å². The molecule has 1 N–H and O–H groups in total. The number of nitrogens with zero attached hydrogens (tertiary/aromatic N) is 2. The highest BCUT2D eigenvalue weighted by Gasteiger charge is 2.30. The summed E-state index contributed by atoms with van der Waals surface area (Å²) >= 11 is 0. The van der Waals surface area contributed by atoms with Crippen molar-refractivity contribution in [1.82, 2.24) is 9.88 Å². The number of rotatable bonds is 9. The van der Waals surface area contributed by atoms with Crippen LogP contribution in [0.1, 0.15) is 49.9 Å². The van der Waals surface area contributed by atoms with Gasteiger partial charge in [-0.3, -0.25) is 4.98 Å². The van der Waals surface area contributed by atoms with Crippen LogP contribution in [0.3, 0.4) is 0 Å². The number of aromatic carboxylic acids is 1. The van der Waals surface area contributed by atoms with Crippen molar-refractivity contribution in [1.29, 1.82) is 0 Å². The molecule has 1 aliphatic rings. The zero-order chi connectivity index (χ0) is 22.4. The lowest BCUT2D eigenvalue weighted by atomic mass is 9.94. The van der Waals surface area contributed by atoms with Gasteiger partial charge >= 0.3 is 5.97 Å². The Labute approximate surface area is 182 Å². The maximum atomic E-state index is 14.6. The summed E-state index contributed by atoms with van der Waals surface area (Å²) in [6, 6.07) is 7.44. The molecule has 1 aromatic carbocycles. The summed E-state index contributed by atoms with van der Waals surface area (Å²) in [6.45, 7) is 6.67. The minimum atomic E-state index is -1.30. The lowest BCUT2D eigenvalue weighted by Crippen LogP contribution is -2.44.